The minimum atomic E-state index is -4.11. The van der Waals surface area contributed by atoms with Crippen molar-refractivity contribution in [3.05, 3.63) is 29.6 Å². The van der Waals surface area contributed by atoms with Crippen molar-refractivity contribution in [1.29, 1.82) is 0 Å². The number of carbonyl (C=O) groups is 1. The van der Waals surface area contributed by atoms with E-state index >= 15 is 0 Å². The van der Waals surface area contributed by atoms with E-state index in [1.807, 2.05) is 0 Å². The van der Waals surface area contributed by atoms with E-state index in [0.717, 1.165) is 10.4 Å². The summed E-state index contributed by atoms with van der Waals surface area (Å²) >= 11 is 0. The summed E-state index contributed by atoms with van der Waals surface area (Å²) in [6.45, 7) is 1.75. The summed E-state index contributed by atoms with van der Waals surface area (Å²) in [7, 11) is -4.11. The van der Waals surface area contributed by atoms with Gasteiger partial charge in [-0.3, -0.25) is 4.79 Å². The van der Waals surface area contributed by atoms with Gasteiger partial charge in [-0.15, -0.1) is 0 Å². The zero-order valence-corrected chi connectivity index (χ0v) is 11.2. The molecule has 0 spiro atoms. The average Bonchev–Trinajstić information content (AvgIpc) is 2.82. The van der Waals surface area contributed by atoms with Gasteiger partial charge in [0.05, 0.1) is 0 Å². The van der Waals surface area contributed by atoms with E-state index in [4.69, 9.17) is 5.11 Å². The Morgan fingerprint density at radius 2 is 2.16 bits per heavy atom. The lowest BCUT2D eigenvalue weighted by Crippen LogP contribution is -2.40. The van der Waals surface area contributed by atoms with Crippen LogP contribution < -0.4 is 0 Å². The van der Waals surface area contributed by atoms with Crippen molar-refractivity contribution in [3.63, 3.8) is 0 Å². The number of hydrogen-bond acceptors (Lipinski definition) is 3. The number of hydrogen-bond donors (Lipinski definition) is 1. The highest BCUT2D eigenvalue weighted by Crippen LogP contribution is 2.28. The molecule has 1 aliphatic heterocycles. The van der Waals surface area contributed by atoms with Gasteiger partial charge in [0.15, 0.2) is 0 Å². The molecule has 0 radical (unpaired) electrons. The molecule has 19 heavy (non-hydrogen) atoms. The van der Waals surface area contributed by atoms with Crippen molar-refractivity contribution in [1.82, 2.24) is 4.31 Å². The van der Waals surface area contributed by atoms with Crippen LogP contribution in [0.3, 0.4) is 0 Å². The quantitative estimate of drug-likeness (QED) is 0.911. The lowest BCUT2D eigenvalue weighted by Gasteiger charge is -2.21. The van der Waals surface area contributed by atoms with E-state index in [-0.39, 0.29) is 13.0 Å². The molecule has 0 aromatic heterocycles. The van der Waals surface area contributed by atoms with Gasteiger partial charge in [0, 0.05) is 6.54 Å². The number of carboxylic acid groups (broad SMARTS) is 1. The standard InChI is InChI=1S/C12H14FNO4S/c1-8-4-5-9(13)11(7-8)19(17,18)14-6-2-3-10(14)12(15)16/h4-5,7,10H,2-3,6H2,1H3,(H,15,16)/t10-/m0/s1. The molecule has 7 heteroatoms. The Balaban J connectivity index is 2.48. The second kappa shape index (κ2) is 4.90. The van der Waals surface area contributed by atoms with Crippen LogP contribution in [-0.4, -0.2) is 36.4 Å². The van der Waals surface area contributed by atoms with Crippen LogP contribution in [0.2, 0.25) is 0 Å². The molecule has 1 N–H and O–H groups in total. The van der Waals surface area contributed by atoms with E-state index in [1.165, 1.54) is 12.1 Å². The highest BCUT2D eigenvalue weighted by atomic mass is 32.2. The molecule has 2 rings (SSSR count). The van der Waals surface area contributed by atoms with Crippen LogP contribution in [0.1, 0.15) is 18.4 Å². The largest absolute Gasteiger partial charge is 0.480 e. The number of halogens is 1. The van der Waals surface area contributed by atoms with Crippen molar-refractivity contribution in [3.8, 4) is 0 Å². The van der Waals surface area contributed by atoms with Crippen LogP contribution >= 0.6 is 0 Å². The number of aliphatic carboxylic acids is 1. The summed E-state index contributed by atoms with van der Waals surface area (Å²) in [6.07, 6.45) is 0.714. The minimum Gasteiger partial charge on any atom is -0.480 e. The first kappa shape index (κ1) is 14.0. The number of carboxylic acids is 1. The van der Waals surface area contributed by atoms with E-state index in [2.05, 4.69) is 0 Å². The first-order valence-corrected chi connectivity index (χ1v) is 7.29. The highest BCUT2D eigenvalue weighted by Gasteiger charge is 2.40. The number of rotatable bonds is 3. The summed E-state index contributed by atoms with van der Waals surface area (Å²) < 4.78 is 39.3. The number of aryl methyl sites for hydroxylation is 1. The van der Waals surface area contributed by atoms with Gasteiger partial charge >= 0.3 is 5.97 Å². The van der Waals surface area contributed by atoms with Crippen molar-refractivity contribution in [2.75, 3.05) is 6.54 Å². The van der Waals surface area contributed by atoms with Crippen molar-refractivity contribution in [2.24, 2.45) is 0 Å². The molecule has 1 heterocycles. The summed E-state index contributed by atoms with van der Waals surface area (Å²) in [5, 5.41) is 9.02. The molecule has 1 fully saturated rings. The average molecular weight is 287 g/mol. The molecule has 1 aliphatic rings. The van der Waals surface area contributed by atoms with Gasteiger partial charge in [0.1, 0.15) is 16.8 Å². The van der Waals surface area contributed by atoms with Crippen molar-refractivity contribution < 1.29 is 22.7 Å². The van der Waals surface area contributed by atoms with E-state index in [0.29, 0.717) is 12.0 Å². The fraction of sp³-hybridized carbons (Fsp3) is 0.417. The van der Waals surface area contributed by atoms with Gasteiger partial charge in [-0.1, -0.05) is 6.07 Å². The molecule has 1 saturated heterocycles. The summed E-state index contributed by atoms with van der Waals surface area (Å²) in [5.74, 6) is -2.06. The Bertz CT molecular complexity index is 614. The van der Waals surface area contributed by atoms with E-state index in [9.17, 15) is 17.6 Å². The fourth-order valence-corrected chi connectivity index (χ4v) is 4.01. The van der Waals surface area contributed by atoms with Crippen molar-refractivity contribution >= 4 is 16.0 Å². The molecule has 0 bridgehead atoms. The fourth-order valence-electron chi connectivity index (χ4n) is 2.21. The maximum Gasteiger partial charge on any atom is 0.322 e. The molecule has 0 saturated carbocycles. The normalized spacial score (nSPS) is 20.6. The van der Waals surface area contributed by atoms with Crippen LogP contribution in [0.5, 0.6) is 0 Å². The SMILES string of the molecule is Cc1ccc(F)c(S(=O)(=O)N2CCC[C@H]2C(=O)O)c1. The highest BCUT2D eigenvalue weighted by molar-refractivity contribution is 7.89. The smallest absolute Gasteiger partial charge is 0.322 e. The van der Waals surface area contributed by atoms with Gasteiger partial charge in [0.2, 0.25) is 10.0 Å². The zero-order chi connectivity index (χ0) is 14.2. The zero-order valence-electron chi connectivity index (χ0n) is 10.3. The number of nitrogens with zero attached hydrogens (tertiary/aromatic N) is 1. The Hall–Kier alpha value is -1.47. The Morgan fingerprint density at radius 3 is 2.79 bits per heavy atom. The Morgan fingerprint density at radius 1 is 1.47 bits per heavy atom. The molecule has 5 nitrogen and oxygen atoms in total. The van der Waals surface area contributed by atoms with Crippen LogP contribution in [0.15, 0.2) is 23.1 Å². The monoisotopic (exact) mass is 287 g/mol. The number of benzene rings is 1. The van der Waals surface area contributed by atoms with Crippen LogP contribution in [0, 0.1) is 12.7 Å². The van der Waals surface area contributed by atoms with Crippen LogP contribution in [0.25, 0.3) is 0 Å². The molecule has 104 valence electrons. The second-order valence-corrected chi connectivity index (χ2v) is 6.40. The van der Waals surface area contributed by atoms with Gasteiger partial charge < -0.3 is 5.11 Å². The summed E-state index contributed by atoms with van der Waals surface area (Å²) in [5.41, 5.74) is 0.603. The first-order chi connectivity index (χ1) is 8.84. The molecule has 0 unspecified atom stereocenters. The predicted octanol–water partition coefficient (Wildman–Crippen LogP) is 1.37. The third-order valence-electron chi connectivity index (χ3n) is 3.16. The van der Waals surface area contributed by atoms with Crippen LogP contribution in [-0.2, 0) is 14.8 Å². The minimum absolute atomic E-state index is 0.104. The lowest BCUT2D eigenvalue weighted by atomic mass is 10.2. The van der Waals surface area contributed by atoms with E-state index in [1.54, 1.807) is 6.92 Å². The lowest BCUT2D eigenvalue weighted by molar-refractivity contribution is -0.140. The first-order valence-electron chi connectivity index (χ1n) is 5.85. The van der Waals surface area contributed by atoms with Crippen molar-refractivity contribution in [2.45, 2.75) is 30.7 Å². The maximum atomic E-state index is 13.7. The Labute approximate surface area is 110 Å². The molecular formula is C12H14FNO4S. The van der Waals surface area contributed by atoms with Gasteiger partial charge in [0.25, 0.3) is 0 Å². The number of sulfonamides is 1. The second-order valence-electron chi connectivity index (χ2n) is 4.55. The third kappa shape index (κ3) is 2.48. The topological polar surface area (TPSA) is 74.7 Å². The summed E-state index contributed by atoms with van der Waals surface area (Å²) in [6, 6.07) is 2.66. The van der Waals surface area contributed by atoms with Crippen LogP contribution in [0.4, 0.5) is 4.39 Å². The molecule has 1 aromatic carbocycles. The van der Waals surface area contributed by atoms with Gasteiger partial charge in [-0.25, -0.2) is 12.8 Å². The molecule has 0 aliphatic carbocycles. The van der Waals surface area contributed by atoms with Gasteiger partial charge in [-0.05, 0) is 37.5 Å². The predicted molar refractivity (Wildman–Crippen MR) is 65.7 cm³/mol. The van der Waals surface area contributed by atoms with Gasteiger partial charge in [-0.2, -0.15) is 4.31 Å². The summed E-state index contributed by atoms with van der Waals surface area (Å²) in [4.78, 5) is 10.6. The molecule has 0 amide bonds. The van der Waals surface area contributed by atoms with E-state index < -0.39 is 32.7 Å². The molecule has 1 atom stereocenters. The molecule has 1 aromatic rings. The Kier molecular flexibility index (Phi) is 3.60. The molecular weight excluding hydrogens is 273 g/mol. The third-order valence-corrected chi connectivity index (χ3v) is 5.09. The maximum absolute atomic E-state index is 13.7.